The molecule has 2 aromatic rings. The smallest absolute Gasteiger partial charge is 0.234 e. The Bertz CT molecular complexity index is 697. The van der Waals surface area contributed by atoms with Crippen LogP contribution in [0.5, 0.6) is 0 Å². The number of morpholine rings is 1. The predicted molar refractivity (Wildman–Crippen MR) is 97.0 cm³/mol. The Labute approximate surface area is 150 Å². The van der Waals surface area contributed by atoms with Crippen LogP contribution >= 0.6 is 11.8 Å². The molecular formula is C16H22N6O2S. The van der Waals surface area contributed by atoms with E-state index in [1.165, 1.54) is 11.8 Å². The van der Waals surface area contributed by atoms with E-state index in [9.17, 15) is 4.79 Å². The van der Waals surface area contributed by atoms with E-state index in [0.717, 1.165) is 37.7 Å². The van der Waals surface area contributed by atoms with Gasteiger partial charge in [-0.05, 0) is 48.5 Å². The van der Waals surface area contributed by atoms with Crippen molar-refractivity contribution in [2.24, 2.45) is 0 Å². The number of rotatable bonds is 6. The number of benzene rings is 1. The van der Waals surface area contributed by atoms with E-state index >= 15 is 0 Å². The molecule has 25 heavy (non-hydrogen) atoms. The second-order valence-corrected chi connectivity index (χ2v) is 6.93. The van der Waals surface area contributed by atoms with Crippen LogP contribution in [0, 0.1) is 0 Å². The number of amides is 1. The molecule has 1 aliphatic rings. The molecule has 8 nitrogen and oxygen atoms in total. The van der Waals surface area contributed by atoms with Crippen LogP contribution in [0.3, 0.4) is 0 Å². The number of hydrogen-bond donors (Lipinski definition) is 1. The minimum atomic E-state index is -0.0811. The van der Waals surface area contributed by atoms with Crippen molar-refractivity contribution in [1.29, 1.82) is 0 Å². The Hall–Kier alpha value is -2.13. The highest BCUT2D eigenvalue weighted by molar-refractivity contribution is 7.99. The second kappa shape index (κ2) is 8.30. The third-order valence-electron chi connectivity index (χ3n) is 3.81. The molecule has 3 rings (SSSR count). The number of hydrogen-bond acceptors (Lipinski definition) is 7. The fraction of sp³-hybridized carbons (Fsp3) is 0.500. The standard InChI is InChI=1S/C16H22N6O2S/c1-12(2)22-16(18-19-20-22)25-11-15(23)17-13-3-5-14(6-4-13)21-7-9-24-10-8-21/h3-6,12H,7-11H2,1-2H3,(H,17,23). The lowest BCUT2D eigenvalue weighted by atomic mass is 10.2. The first-order chi connectivity index (χ1) is 12.1. The Morgan fingerprint density at radius 3 is 2.68 bits per heavy atom. The van der Waals surface area contributed by atoms with E-state index in [2.05, 4.69) is 25.7 Å². The molecule has 1 aromatic carbocycles. The van der Waals surface area contributed by atoms with Crippen LogP contribution in [-0.2, 0) is 9.53 Å². The summed E-state index contributed by atoms with van der Waals surface area (Å²) < 4.78 is 7.06. The van der Waals surface area contributed by atoms with Gasteiger partial charge in [0.15, 0.2) is 0 Å². The van der Waals surface area contributed by atoms with Gasteiger partial charge in [-0.3, -0.25) is 4.79 Å². The zero-order chi connectivity index (χ0) is 17.6. The number of aromatic nitrogens is 4. The molecule has 1 aliphatic heterocycles. The SMILES string of the molecule is CC(C)n1nnnc1SCC(=O)Nc1ccc(N2CCOCC2)cc1. The van der Waals surface area contributed by atoms with Crippen molar-refractivity contribution >= 4 is 29.0 Å². The van der Waals surface area contributed by atoms with Gasteiger partial charge in [-0.1, -0.05) is 11.8 Å². The van der Waals surface area contributed by atoms with Gasteiger partial charge in [0.1, 0.15) is 0 Å². The van der Waals surface area contributed by atoms with Crippen molar-refractivity contribution in [2.75, 3.05) is 42.3 Å². The maximum atomic E-state index is 12.1. The number of thioether (sulfide) groups is 1. The van der Waals surface area contributed by atoms with Crippen LogP contribution in [0.2, 0.25) is 0 Å². The summed E-state index contributed by atoms with van der Waals surface area (Å²) in [6.45, 7) is 7.30. The van der Waals surface area contributed by atoms with E-state index in [1.807, 2.05) is 38.1 Å². The van der Waals surface area contributed by atoms with Gasteiger partial charge in [-0.15, -0.1) is 5.10 Å². The lowest BCUT2D eigenvalue weighted by Gasteiger charge is -2.28. The lowest BCUT2D eigenvalue weighted by Crippen LogP contribution is -2.36. The third kappa shape index (κ3) is 4.70. The highest BCUT2D eigenvalue weighted by atomic mass is 32.2. The van der Waals surface area contributed by atoms with E-state index in [0.29, 0.717) is 5.16 Å². The highest BCUT2D eigenvalue weighted by Gasteiger charge is 2.13. The molecule has 1 saturated heterocycles. The largest absolute Gasteiger partial charge is 0.378 e. The van der Waals surface area contributed by atoms with Gasteiger partial charge in [0, 0.05) is 24.5 Å². The number of carbonyl (C=O) groups is 1. The molecule has 134 valence electrons. The maximum absolute atomic E-state index is 12.1. The zero-order valence-electron chi connectivity index (χ0n) is 14.4. The molecule has 0 spiro atoms. The second-order valence-electron chi connectivity index (χ2n) is 5.98. The van der Waals surface area contributed by atoms with Crippen molar-refractivity contribution in [3.8, 4) is 0 Å². The molecule has 0 atom stereocenters. The van der Waals surface area contributed by atoms with E-state index < -0.39 is 0 Å². The molecule has 0 aliphatic carbocycles. The van der Waals surface area contributed by atoms with Crippen LogP contribution < -0.4 is 10.2 Å². The molecule has 0 unspecified atom stereocenters. The average Bonchev–Trinajstić information content (AvgIpc) is 3.10. The molecular weight excluding hydrogens is 340 g/mol. The summed E-state index contributed by atoms with van der Waals surface area (Å²) in [7, 11) is 0. The van der Waals surface area contributed by atoms with Crippen molar-refractivity contribution in [1.82, 2.24) is 20.2 Å². The van der Waals surface area contributed by atoms with Gasteiger partial charge in [0.25, 0.3) is 0 Å². The van der Waals surface area contributed by atoms with Crippen molar-refractivity contribution < 1.29 is 9.53 Å². The van der Waals surface area contributed by atoms with Gasteiger partial charge >= 0.3 is 0 Å². The topological polar surface area (TPSA) is 85.2 Å². The maximum Gasteiger partial charge on any atom is 0.234 e. The normalized spacial score (nSPS) is 14.8. The van der Waals surface area contributed by atoms with E-state index in [-0.39, 0.29) is 17.7 Å². The molecule has 2 heterocycles. The summed E-state index contributed by atoms with van der Waals surface area (Å²) in [5, 5.41) is 15.1. The first-order valence-corrected chi connectivity index (χ1v) is 9.25. The Balaban J connectivity index is 1.51. The molecule has 1 amide bonds. The van der Waals surface area contributed by atoms with Gasteiger partial charge in [0.05, 0.1) is 25.0 Å². The van der Waals surface area contributed by atoms with Gasteiger partial charge in [0.2, 0.25) is 11.1 Å². The zero-order valence-corrected chi connectivity index (χ0v) is 15.2. The fourth-order valence-corrected chi connectivity index (χ4v) is 3.32. The van der Waals surface area contributed by atoms with E-state index in [1.54, 1.807) is 4.68 Å². The number of anilines is 2. The van der Waals surface area contributed by atoms with Gasteiger partial charge < -0.3 is 15.0 Å². The van der Waals surface area contributed by atoms with Crippen molar-refractivity contribution in [3.05, 3.63) is 24.3 Å². The molecule has 9 heteroatoms. The molecule has 1 aromatic heterocycles. The molecule has 1 N–H and O–H groups in total. The minimum Gasteiger partial charge on any atom is -0.378 e. The van der Waals surface area contributed by atoms with Gasteiger partial charge in [-0.25, -0.2) is 4.68 Å². The Morgan fingerprint density at radius 2 is 2.00 bits per heavy atom. The summed E-state index contributed by atoms with van der Waals surface area (Å²) in [6, 6.07) is 8.05. The Morgan fingerprint density at radius 1 is 1.28 bits per heavy atom. The monoisotopic (exact) mass is 362 g/mol. The highest BCUT2D eigenvalue weighted by Crippen LogP contribution is 2.20. The first kappa shape index (κ1) is 17.7. The van der Waals surface area contributed by atoms with Crippen LogP contribution in [0.15, 0.2) is 29.4 Å². The van der Waals surface area contributed by atoms with Crippen LogP contribution in [0.25, 0.3) is 0 Å². The van der Waals surface area contributed by atoms with E-state index in [4.69, 9.17) is 4.74 Å². The molecule has 1 fully saturated rings. The number of carbonyl (C=O) groups excluding carboxylic acids is 1. The van der Waals surface area contributed by atoms with Gasteiger partial charge in [-0.2, -0.15) is 0 Å². The Kier molecular flexibility index (Phi) is 5.87. The van der Waals surface area contributed by atoms with Crippen LogP contribution in [-0.4, -0.2) is 58.2 Å². The third-order valence-corrected chi connectivity index (χ3v) is 4.74. The molecule has 0 saturated carbocycles. The molecule has 0 radical (unpaired) electrons. The summed E-state index contributed by atoms with van der Waals surface area (Å²) in [4.78, 5) is 14.4. The van der Waals surface area contributed by atoms with Crippen LogP contribution in [0.4, 0.5) is 11.4 Å². The number of nitrogens with one attached hydrogen (secondary N) is 1. The first-order valence-electron chi connectivity index (χ1n) is 8.27. The minimum absolute atomic E-state index is 0.0811. The summed E-state index contributed by atoms with van der Waals surface area (Å²) >= 11 is 1.33. The van der Waals surface area contributed by atoms with Crippen molar-refractivity contribution in [2.45, 2.75) is 25.0 Å². The van der Waals surface area contributed by atoms with Crippen molar-refractivity contribution in [3.63, 3.8) is 0 Å². The summed E-state index contributed by atoms with van der Waals surface area (Å²) in [5.41, 5.74) is 1.93. The van der Waals surface area contributed by atoms with Crippen LogP contribution in [0.1, 0.15) is 19.9 Å². The average molecular weight is 362 g/mol. The predicted octanol–water partition coefficient (Wildman–Crippen LogP) is 1.82. The number of nitrogens with zero attached hydrogens (tertiary/aromatic N) is 5. The number of ether oxygens (including phenoxy) is 1. The fourth-order valence-electron chi connectivity index (χ4n) is 2.51. The quantitative estimate of drug-likeness (QED) is 0.785. The molecule has 0 bridgehead atoms. The summed E-state index contributed by atoms with van der Waals surface area (Å²) in [6.07, 6.45) is 0. The lowest BCUT2D eigenvalue weighted by molar-refractivity contribution is -0.113. The summed E-state index contributed by atoms with van der Waals surface area (Å²) in [5.74, 6) is 0.181. The number of tetrazole rings is 1.